The summed E-state index contributed by atoms with van der Waals surface area (Å²) in [6, 6.07) is 1.69. The standard InChI is InChI=1S/C16H17N5O5S/c1-3-5-21-12(17)11(13(23)18-15(21)24)10(22)7-27-16-20-19-14(26-16)9-4-6-25-8(9)2/h4,6H,3,5,7,17H2,1-2H3,(H,18,23,24). The molecule has 0 aliphatic carbocycles. The average Bonchev–Trinajstić information content (AvgIpc) is 3.25. The Kier molecular flexibility index (Phi) is 5.31. The molecule has 3 aromatic rings. The van der Waals surface area contributed by atoms with E-state index in [0.717, 1.165) is 11.8 Å². The zero-order valence-electron chi connectivity index (χ0n) is 14.6. The lowest BCUT2D eigenvalue weighted by molar-refractivity contribution is 0.102. The lowest BCUT2D eigenvalue weighted by Crippen LogP contribution is -2.36. The first kappa shape index (κ1) is 18.7. The molecule has 0 radical (unpaired) electrons. The zero-order chi connectivity index (χ0) is 19.6. The van der Waals surface area contributed by atoms with Crippen LogP contribution in [0.5, 0.6) is 0 Å². The number of aryl methyl sites for hydroxylation is 1. The normalized spacial score (nSPS) is 11.0. The van der Waals surface area contributed by atoms with Crippen molar-refractivity contribution in [1.82, 2.24) is 19.7 Å². The summed E-state index contributed by atoms with van der Waals surface area (Å²) in [6.07, 6.45) is 2.13. The minimum Gasteiger partial charge on any atom is -0.469 e. The highest BCUT2D eigenvalue weighted by Gasteiger charge is 2.21. The van der Waals surface area contributed by atoms with E-state index in [4.69, 9.17) is 14.6 Å². The quantitative estimate of drug-likeness (QED) is 0.450. The van der Waals surface area contributed by atoms with E-state index in [9.17, 15) is 14.4 Å². The lowest BCUT2D eigenvalue weighted by Gasteiger charge is -2.10. The third-order valence-corrected chi connectivity index (χ3v) is 4.61. The van der Waals surface area contributed by atoms with Crippen molar-refractivity contribution < 1.29 is 13.6 Å². The Hall–Kier alpha value is -3.08. The summed E-state index contributed by atoms with van der Waals surface area (Å²) in [4.78, 5) is 38.4. The number of carbonyl (C=O) groups excluding carboxylic acids is 1. The second-order valence-corrected chi connectivity index (χ2v) is 6.57. The van der Waals surface area contributed by atoms with Crippen molar-refractivity contribution in [1.29, 1.82) is 0 Å². The van der Waals surface area contributed by atoms with Gasteiger partial charge in [0.05, 0.1) is 17.6 Å². The van der Waals surface area contributed by atoms with Crippen LogP contribution >= 0.6 is 11.8 Å². The highest BCUT2D eigenvalue weighted by Crippen LogP contribution is 2.26. The number of nitrogens with two attached hydrogens (primary N) is 1. The van der Waals surface area contributed by atoms with E-state index in [1.54, 1.807) is 13.0 Å². The Morgan fingerprint density at radius 1 is 1.37 bits per heavy atom. The fourth-order valence-corrected chi connectivity index (χ4v) is 3.12. The Bertz CT molecular complexity index is 1090. The van der Waals surface area contributed by atoms with E-state index in [2.05, 4.69) is 15.2 Å². The Morgan fingerprint density at radius 3 is 2.81 bits per heavy atom. The van der Waals surface area contributed by atoms with Crippen LogP contribution < -0.4 is 17.0 Å². The van der Waals surface area contributed by atoms with Gasteiger partial charge in [0, 0.05) is 6.54 Å². The van der Waals surface area contributed by atoms with Gasteiger partial charge in [0.25, 0.3) is 16.7 Å². The summed E-state index contributed by atoms with van der Waals surface area (Å²) < 4.78 is 11.8. The van der Waals surface area contributed by atoms with Crippen molar-refractivity contribution in [2.24, 2.45) is 0 Å². The molecule has 3 aromatic heterocycles. The number of nitrogens with one attached hydrogen (secondary N) is 1. The van der Waals surface area contributed by atoms with Crippen LogP contribution in [0.4, 0.5) is 5.82 Å². The first-order valence-corrected chi connectivity index (χ1v) is 9.07. The number of Topliss-reactive ketones (excluding diaryl/α,β-unsaturated/α-hetero) is 1. The summed E-state index contributed by atoms with van der Waals surface area (Å²) in [5.41, 5.74) is 4.84. The van der Waals surface area contributed by atoms with Crippen LogP contribution in [0.1, 0.15) is 29.5 Å². The van der Waals surface area contributed by atoms with Gasteiger partial charge in [-0.3, -0.25) is 19.1 Å². The Balaban J connectivity index is 1.78. The maximum atomic E-state index is 12.5. The lowest BCUT2D eigenvalue weighted by atomic mass is 10.2. The van der Waals surface area contributed by atoms with Crippen molar-refractivity contribution in [2.75, 3.05) is 11.5 Å². The fraction of sp³-hybridized carbons (Fsp3) is 0.312. The number of thioether (sulfide) groups is 1. The third kappa shape index (κ3) is 3.72. The molecule has 0 atom stereocenters. The molecule has 3 rings (SSSR count). The summed E-state index contributed by atoms with van der Waals surface area (Å²) in [5, 5.41) is 7.94. The van der Waals surface area contributed by atoms with Crippen LogP contribution in [0.15, 0.2) is 36.0 Å². The largest absolute Gasteiger partial charge is 0.469 e. The van der Waals surface area contributed by atoms with Crippen LogP contribution in [0.2, 0.25) is 0 Å². The molecule has 0 fully saturated rings. The van der Waals surface area contributed by atoms with Gasteiger partial charge in [-0.05, 0) is 19.4 Å². The minimum absolute atomic E-state index is 0.142. The van der Waals surface area contributed by atoms with Gasteiger partial charge in [0.15, 0.2) is 5.78 Å². The number of H-pyrrole nitrogens is 1. The van der Waals surface area contributed by atoms with Crippen LogP contribution in [-0.4, -0.2) is 31.3 Å². The van der Waals surface area contributed by atoms with Crippen molar-refractivity contribution in [3.8, 4) is 11.5 Å². The molecule has 3 N–H and O–H groups in total. The molecule has 0 spiro atoms. The summed E-state index contributed by atoms with van der Waals surface area (Å²) in [5.74, 6) is 0.0666. The van der Waals surface area contributed by atoms with Crippen LogP contribution in [0, 0.1) is 6.92 Å². The van der Waals surface area contributed by atoms with E-state index in [0.29, 0.717) is 24.3 Å². The first-order chi connectivity index (χ1) is 12.9. The smallest absolute Gasteiger partial charge is 0.329 e. The van der Waals surface area contributed by atoms with Crippen LogP contribution in [-0.2, 0) is 6.54 Å². The predicted molar refractivity (Wildman–Crippen MR) is 97.8 cm³/mol. The predicted octanol–water partition coefficient (Wildman–Crippen LogP) is 1.46. The SMILES string of the molecule is CCCn1c(N)c(C(=O)CSc2nnc(-c3ccoc3C)o2)c(=O)[nH]c1=O. The molecule has 11 heteroatoms. The number of ketones is 1. The number of nitrogen functional groups attached to an aromatic ring is 1. The van der Waals surface area contributed by atoms with Gasteiger partial charge in [-0.2, -0.15) is 0 Å². The minimum atomic E-state index is -0.810. The second kappa shape index (κ2) is 7.66. The van der Waals surface area contributed by atoms with E-state index < -0.39 is 17.0 Å². The molecular weight excluding hydrogens is 374 g/mol. The van der Waals surface area contributed by atoms with Gasteiger partial charge >= 0.3 is 5.69 Å². The van der Waals surface area contributed by atoms with Gasteiger partial charge < -0.3 is 14.6 Å². The summed E-state index contributed by atoms with van der Waals surface area (Å²) in [6.45, 7) is 3.91. The monoisotopic (exact) mass is 391 g/mol. The van der Waals surface area contributed by atoms with Gasteiger partial charge in [0.1, 0.15) is 17.1 Å². The summed E-state index contributed by atoms with van der Waals surface area (Å²) in [7, 11) is 0. The molecule has 0 aromatic carbocycles. The van der Waals surface area contributed by atoms with E-state index in [1.165, 1.54) is 10.8 Å². The third-order valence-electron chi connectivity index (χ3n) is 3.79. The van der Waals surface area contributed by atoms with E-state index in [-0.39, 0.29) is 28.2 Å². The number of carbonyl (C=O) groups is 1. The van der Waals surface area contributed by atoms with Crippen molar-refractivity contribution in [3.05, 3.63) is 44.5 Å². The number of aromatic amines is 1. The Morgan fingerprint density at radius 2 is 2.15 bits per heavy atom. The first-order valence-electron chi connectivity index (χ1n) is 8.09. The highest BCUT2D eigenvalue weighted by molar-refractivity contribution is 7.99. The number of rotatable bonds is 7. The van der Waals surface area contributed by atoms with Crippen LogP contribution in [0.3, 0.4) is 0 Å². The highest BCUT2D eigenvalue weighted by atomic mass is 32.2. The van der Waals surface area contributed by atoms with Gasteiger partial charge in [-0.1, -0.05) is 18.7 Å². The van der Waals surface area contributed by atoms with Crippen molar-refractivity contribution >= 4 is 23.4 Å². The number of furan rings is 1. The number of hydrogen-bond acceptors (Lipinski definition) is 9. The van der Waals surface area contributed by atoms with E-state index in [1.807, 2.05) is 6.92 Å². The Labute approximate surface area is 156 Å². The zero-order valence-corrected chi connectivity index (χ0v) is 15.5. The molecule has 0 aliphatic rings. The molecule has 0 amide bonds. The van der Waals surface area contributed by atoms with Gasteiger partial charge in [0.2, 0.25) is 0 Å². The molecule has 10 nitrogen and oxygen atoms in total. The number of aromatic nitrogens is 4. The second-order valence-electron chi connectivity index (χ2n) is 5.65. The molecule has 0 saturated carbocycles. The number of anilines is 1. The van der Waals surface area contributed by atoms with Gasteiger partial charge in [-0.25, -0.2) is 4.79 Å². The molecule has 0 unspecified atom stereocenters. The number of hydrogen-bond donors (Lipinski definition) is 2. The number of nitrogens with zero attached hydrogens (tertiary/aromatic N) is 3. The fourth-order valence-electron chi connectivity index (χ4n) is 2.49. The molecular formula is C16H17N5O5S. The molecule has 3 heterocycles. The van der Waals surface area contributed by atoms with Crippen molar-refractivity contribution in [3.63, 3.8) is 0 Å². The topological polar surface area (TPSA) is 150 Å². The maximum Gasteiger partial charge on any atom is 0.329 e. The molecule has 0 saturated heterocycles. The molecule has 0 aliphatic heterocycles. The van der Waals surface area contributed by atoms with E-state index >= 15 is 0 Å². The molecule has 27 heavy (non-hydrogen) atoms. The van der Waals surface area contributed by atoms with Gasteiger partial charge in [-0.15, -0.1) is 10.2 Å². The molecule has 142 valence electrons. The summed E-state index contributed by atoms with van der Waals surface area (Å²) >= 11 is 0.972. The average molecular weight is 391 g/mol. The van der Waals surface area contributed by atoms with Crippen molar-refractivity contribution in [2.45, 2.75) is 32.0 Å². The molecule has 0 bridgehead atoms. The van der Waals surface area contributed by atoms with Crippen LogP contribution in [0.25, 0.3) is 11.5 Å². The maximum absolute atomic E-state index is 12.5.